The maximum atomic E-state index is 11.5. The van der Waals surface area contributed by atoms with Gasteiger partial charge >= 0.3 is 5.97 Å². The predicted octanol–water partition coefficient (Wildman–Crippen LogP) is 4.22. The molecule has 1 heterocycles. The SMILES string of the molecule is CCOC(=O)COc1cc(Cl)c(-c2nc3ccccc3[nH]2)cc1OCC. The van der Waals surface area contributed by atoms with Crippen molar-refractivity contribution in [3.8, 4) is 22.9 Å². The predicted molar refractivity (Wildman–Crippen MR) is 99.8 cm³/mol. The van der Waals surface area contributed by atoms with E-state index in [4.69, 9.17) is 25.8 Å². The van der Waals surface area contributed by atoms with Crippen molar-refractivity contribution in [1.29, 1.82) is 0 Å². The first-order chi connectivity index (χ1) is 12.6. The number of nitrogens with zero attached hydrogens (tertiary/aromatic N) is 1. The minimum absolute atomic E-state index is 0.214. The van der Waals surface area contributed by atoms with Crippen LogP contribution in [0.3, 0.4) is 0 Å². The first-order valence-corrected chi connectivity index (χ1v) is 8.70. The Morgan fingerprint density at radius 1 is 1.12 bits per heavy atom. The molecular weight excluding hydrogens is 356 g/mol. The van der Waals surface area contributed by atoms with Crippen LogP contribution in [-0.4, -0.2) is 35.8 Å². The van der Waals surface area contributed by atoms with Crippen molar-refractivity contribution in [3.63, 3.8) is 0 Å². The second-order valence-corrected chi connectivity index (χ2v) is 5.82. The second-order valence-electron chi connectivity index (χ2n) is 5.41. The van der Waals surface area contributed by atoms with Crippen molar-refractivity contribution in [1.82, 2.24) is 9.97 Å². The molecule has 0 atom stereocenters. The summed E-state index contributed by atoms with van der Waals surface area (Å²) in [5.74, 6) is 1.04. The molecule has 0 radical (unpaired) electrons. The first kappa shape index (κ1) is 18.1. The number of rotatable bonds is 7. The number of halogens is 1. The van der Waals surface area contributed by atoms with Gasteiger partial charge in [-0.2, -0.15) is 0 Å². The van der Waals surface area contributed by atoms with Gasteiger partial charge in [0.1, 0.15) is 5.82 Å². The fourth-order valence-corrected chi connectivity index (χ4v) is 2.76. The zero-order chi connectivity index (χ0) is 18.5. The maximum absolute atomic E-state index is 11.5. The highest BCUT2D eigenvalue weighted by atomic mass is 35.5. The van der Waals surface area contributed by atoms with Gasteiger partial charge in [0.25, 0.3) is 0 Å². The van der Waals surface area contributed by atoms with E-state index >= 15 is 0 Å². The van der Waals surface area contributed by atoms with Crippen molar-refractivity contribution in [2.24, 2.45) is 0 Å². The van der Waals surface area contributed by atoms with Crippen LogP contribution in [0.2, 0.25) is 5.02 Å². The number of hydrogen-bond donors (Lipinski definition) is 1. The lowest BCUT2D eigenvalue weighted by molar-refractivity contribution is -0.145. The van der Waals surface area contributed by atoms with E-state index in [1.54, 1.807) is 19.1 Å². The number of nitrogens with one attached hydrogen (secondary N) is 1. The number of H-pyrrole nitrogens is 1. The molecule has 3 rings (SSSR count). The molecule has 3 aromatic rings. The molecule has 7 heteroatoms. The number of aromatic nitrogens is 2. The number of esters is 1. The molecule has 26 heavy (non-hydrogen) atoms. The van der Waals surface area contributed by atoms with Crippen molar-refractivity contribution in [2.75, 3.05) is 19.8 Å². The standard InChI is InChI=1S/C19H19ClN2O4/c1-3-24-16-9-12(19-21-14-7-5-6-8-15(14)22-19)13(20)10-17(16)26-11-18(23)25-4-2/h5-10H,3-4,11H2,1-2H3,(H,21,22). The van der Waals surface area contributed by atoms with Crippen molar-refractivity contribution in [2.45, 2.75) is 13.8 Å². The average Bonchev–Trinajstić information content (AvgIpc) is 3.06. The molecule has 0 aliphatic rings. The van der Waals surface area contributed by atoms with Crippen LogP contribution < -0.4 is 9.47 Å². The van der Waals surface area contributed by atoms with Crippen molar-refractivity contribution in [3.05, 3.63) is 41.4 Å². The molecule has 0 saturated heterocycles. The molecule has 0 saturated carbocycles. The van der Waals surface area contributed by atoms with Crippen LogP contribution in [0.1, 0.15) is 13.8 Å². The number of aromatic amines is 1. The fraction of sp³-hybridized carbons (Fsp3) is 0.263. The van der Waals surface area contributed by atoms with Crippen LogP contribution in [0.25, 0.3) is 22.4 Å². The lowest BCUT2D eigenvalue weighted by Crippen LogP contribution is -2.15. The molecule has 136 valence electrons. The van der Waals surface area contributed by atoms with Crippen LogP contribution in [0.15, 0.2) is 36.4 Å². The summed E-state index contributed by atoms with van der Waals surface area (Å²) in [5.41, 5.74) is 2.45. The Hall–Kier alpha value is -2.73. The summed E-state index contributed by atoms with van der Waals surface area (Å²) in [6.45, 7) is 4.13. The molecule has 0 amide bonds. The van der Waals surface area contributed by atoms with Gasteiger partial charge in [0, 0.05) is 11.6 Å². The van der Waals surface area contributed by atoms with Crippen LogP contribution in [0, 0.1) is 0 Å². The zero-order valence-electron chi connectivity index (χ0n) is 14.5. The normalized spacial score (nSPS) is 10.7. The number of hydrogen-bond acceptors (Lipinski definition) is 5. The smallest absolute Gasteiger partial charge is 0.344 e. The van der Waals surface area contributed by atoms with E-state index in [9.17, 15) is 4.79 Å². The van der Waals surface area contributed by atoms with Crippen LogP contribution >= 0.6 is 11.6 Å². The molecule has 0 aliphatic carbocycles. The van der Waals surface area contributed by atoms with E-state index < -0.39 is 5.97 Å². The summed E-state index contributed by atoms with van der Waals surface area (Å²) < 4.78 is 16.0. The molecule has 0 bridgehead atoms. The van der Waals surface area contributed by atoms with Crippen LogP contribution in [0.4, 0.5) is 0 Å². The lowest BCUT2D eigenvalue weighted by Gasteiger charge is -2.13. The third-order valence-corrected chi connectivity index (χ3v) is 3.94. The summed E-state index contributed by atoms with van der Waals surface area (Å²) in [5, 5.41) is 0.436. The zero-order valence-corrected chi connectivity index (χ0v) is 15.3. The van der Waals surface area contributed by atoms with Gasteiger partial charge in [0.15, 0.2) is 18.1 Å². The summed E-state index contributed by atoms with van der Waals surface area (Å²) in [6, 6.07) is 11.1. The van der Waals surface area contributed by atoms with E-state index in [0.717, 1.165) is 11.0 Å². The molecule has 2 aromatic carbocycles. The largest absolute Gasteiger partial charge is 0.490 e. The summed E-state index contributed by atoms with van der Waals surface area (Å²) in [4.78, 5) is 19.3. The average molecular weight is 375 g/mol. The fourth-order valence-electron chi connectivity index (χ4n) is 2.52. The van der Waals surface area contributed by atoms with E-state index in [0.29, 0.717) is 41.1 Å². The molecule has 0 spiro atoms. The third-order valence-electron chi connectivity index (χ3n) is 3.63. The minimum atomic E-state index is -0.451. The maximum Gasteiger partial charge on any atom is 0.344 e. The minimum Gasteiger partial charge on any atom is -0.490 e. The molecule has 1 N–H and O–H groups in total. The molecule has 0 unspecified atom stereocenters. The highest BCUT2D eigenvalue weighted by Gasteiger charge is 2.16. The Morgan fingerprint density at radius 2 is 1.88 bits per heavy atom. The Morgan fingerprint density at radius 3 is 2.62 bits per heavy atom. The summed E-state index contributed by atoms with van der Waals surface area (Å²) in [6.07, 6.45) is 0. The highest BCUT2D eigenvalue weighted by molar-refractivity contribution is 6.33. The number of imidazole rings is 1. The Balaban J connectivity index is 1.94. The van der Waals surface area contributed by atoms with Gasteiger partial charge in [-0.15, -0.1) is 0 Å². The summed E-state index contributed by atoms with van der Waals surface area (Å²) in [7, 11) is 0. The molecule has 1 aromatic heterocycles. The number of carbonyl (C=O) groups is 1. The van der Waals surface area contributed by atoms with Crippen LogP contribution in [0.5, 0.6) is 11.5 Å². The van der Waals surface area contributed by atoms with E-state index in [1.165, 1.54) is 0 Å². The van der Waals surface area contributed by atoms with Gasteiger partial charge in [0.2, 0.25) is 0 Å². The van der Waals surface area contributed by atoms with Gasteiger partial charge in [-0.25, -0.2) is 9.78 Å². The number of fused-ring (bicyclic) bond motifs is 1. The van der Waals surface area contributed by atoms with Crippen molar-refractivity contribution < 1.29 is 19.0 Å². The van der Waals surface area contributed by atoms with Gasteiger partial charge in [-0.1, -0.05) is 23.7 Å². The molecule has 0 fully saturated rings. The lowest BCUT2D eigenvalue weighted by atomic mass is 10.2. The van der Waals surface area contributed by atoms with Crippen molar-refractivity contribution >= 4 is 28.6 Å². The molecule has 6 nitrogen and oxygen atoms in total. The molecular formula is C19H19ClN2O4. The second kappa shape index (κ2) is 8.10. The summed E-state index contributed by atoms with van der Waals surface area (Å²) >= 11 is 6.43. The van der Waals surface area contributed by atoms with E-state index in [-0.39, 0.29) is 6.61 Å². The van der Waals surface area contributed by atoms with Gasteiger partial charge < -0.3 is 19.2 Å². The highest BCUT2D eigenvalue weighted by Crippen LogP contribution is 2.38. The van der Waals surface area contributed by atoms with E-state index in [1.807, 2.05) is 31.2 Å². The number of ether oxygens (including phenoxy) is 3. The number of para-hydroxylation sites is 2. The first-order valence-electron chi connectivity index (χ1n) is 8.32. The van der Waals surface area contributed by atoms with Crippen LogP contribution in [-0.2, 0) is 9.53 Å². The Kier molecular flexibility index (Phi) is 5.63. The number of benzene rings is 2. The van der Waals surface area contributed by atoms with Gasteiger partial charge in [0.05, 0.1) is 29.3 Å². The molecule has 0 aliphatic heterocycles. The van der Waals surface area contributed by atoms with E-state index in [2.05, 4.69) is 9.97 Å². The third kappa shape index (κ3) is 3.91. The quantitative estimate of drug-likeness (QED) is 0.626. The topological polar surface area (TPSA) is 73.4 Å². The number of carbonyl (C=O) groups excluding carboxylic acids is 1. The monoisotopic (exact) mass is 374 g/mol. The Bertz CT molecular complexity index is 890. The Labute approximate surface area is 156 Å². The van der Waals surface area contributed by atoms with Gasteiger partial charge in [-0.05, 0) is 32.0 Å². The van der Waals surface area contributed by atoms with Gasteiger partial charge in [-0.3, -0.25) is 0 Å².